The van der Waals surface area contributed by atoms with Crippen LogP contribution in [0.2, 0.25) is 0 Å². The lowest BCUT2D eigenvalue weighted by Crippen LogP contribution is -2.61. The number of hydrogen-bond donors (Lipinski definition) is 1. The molecule has 2 saturated heterocycles. The number of nitrogens with zero attached hydrogens (tertiary/aromatic N) is 2. The molecule has 5 nitrogen and oxygen atoms in total. The second kappa shape index (κ2) is 8.83. The van der Waals surface area contributed by atoms with Crippen LogP contribution in [0.4, 0.5) is 4.39 Å². The van der Waals surface area contributed by atoms with E-state index < -0.39 is 5.54 Å². The number of amides is 2. The number of carbonyl (C=O) groups excluding carboxylic acids is 2. The molecule has 27 heavy (non-hydrogen) atoms. The average molecular weight is 375 g/mol. The van der Waals surface area contributed by atoms with E-state index in [-0.39, 0.29) is 24.2 Å². The summed E-state index contributed by atoms with van der Waals surface area (Å²) in [6, 6.07) is 6.34. The lowest BCUT2D eigenvalue weighted by Gasteiger charge is -2.44. The molecule has 1 aromatic rings. The minimum absolute atomic E-state index is 0.0428. The van der Waals surface area contributed by atoms with E-state index >= 15 is 0 Å². The van der Waals surface area contributed by atoms with Crippen LogP contribution in [0.1, 0.15) is 44.6 Å². The van der Waals surface area contributed by atoms with Gasteiger partial charge >= 0.3 is 0 Å². The molecule has 0 aromatic heterocycles. The molecule has 0 saturated carbocycles. The largest absolute Gasteiger partial charge is 0.355 e. The van der Waals surface area contributed by atoms with Crippen LogP contribution in [0.5, 0.6) is 0 Å². The van der Waals surface area contributed by atoms with E-state index in [0.717, 1.165) is 57.3 Å². The first-order valence-corrected chi connectivity index (χ1v) is 10.1. The number of hydrogen-bond acceptors (Lipinski definition) is 3. The maximum atomic E-state index is 13.1. The Balaban J connectivity index is 1.53. The Bertz CT molecular complexity index is 662. The molecule has 2 aliphatic rings. The van der Waals surface area contributed by atoms with Gasteiger partial charge in [-0.05, 0) is 62.8 Å². The molecule has 0 aliphatic carbocycles. The highest BCUT2D eigenvalue weighted by Crippen LogP contribution is 2.38. The number of nitrogens with one attached hydrogen (secondary N) is 1. The van der Waals surface area contributed by atoms with E-state index in [9.17, 15) is 14.0 Å². The van der Waals surface area contributed by atoms with Crippen LogP contribution in [0.3, 0.4) is 0 Å². The molecule has 2 aliphatic heterocycles. The second-order valence-corrected chi connectivity index (χ2v) is 7.68. The first-order chi connectivity index (χ1) is 13.0. The maximum absolute atomic E-state index is 13.1. The summed E-state index contributed by atoms with van der Waals surface area (Å²) in [7, 11) is 0. The number of piperidine rings is 1. The van der Waals surface area contributed by atoms with E-state index in [2.05, 4.69) is 17.1 Å². The Labute approximate surface area is 160 Å². The van der Waals surface area contributed by atoms with Gasteiger partial charge in [0, 0.05) is 19.6 Å². The topological polar surface area (TPSA) is 52.6 Å². The summed E-state index contributed by atoms with van der Waals surface area (Å²) in [6.07, 6.45) is 5.32. The average Bonchev–Trinajstić information content (AvgIpc) is 3.04. The molecule has 1 aromatic carbocycles. The van der Waals surface area contributed by atoms with Gasteiger partial charge in [-0.25, -0.2) is 4.39 Å². The molecular formula is C21H30FN3O2. The van der Waals surface area contributed by atoms with Crippen LogP contribution >= 0.6 is 0 Å². The summed E-state index contributed by atoms with van der Waals surface area (Å²) >= 11 is 0. The molecule has 6 heteroatoms. The van der Waals surface area contributed by atoms with Gasteiger partial charge in [0.2, 0.25) is 11.8 Å². The Kier molecular flexibility index (Phi) is 6.47. The van der Waals surface area contributed by atoms with Gasteiger partial charge in [-0.3, -0.25) is 14.5 Å². The van der Waals surface area contributed by atoms with Crippen LogP contribution in [-0.2, 0) is 16.0 Å². The van der Waals surface area contributed by atoms with Gasteiger partial charge < -0.3 is 10.2 Å². The molecule has 1 atom stereocenters. The fourth-order valence-corrected chi connectivity index (χ4v) is 4.47. The molecule has 1 spiro atoms. The third-order valence-corrected chi connectivity index (χ3v) is 5.80. The highest BCUT2D eigenvalue weighted by Gasteiger charge is 2.50. The highest BCUT2D eigenvalue weighted by atomic mass is 19.1. The fourth-order valence-electron chi connectivity index (χ4n) is 4.47. The van der Waals surface area contributed by atoms with Gasteiger partial charge in [0.05, 0.1) is 6.54 Å². The molecule has 3 rings (SSSR count). The van der Waals surface area contributed by atoms with Crippen molar-refractivity contribution >= 4 is 11.8 Å². The fraction of sp³-hybridized carbons (Fsp3) is 0.619. The lowest BCUT2D eigenvalue weighted by molar-refractivity contribution is -0.148. The van der Waals surface area contributed by atoms with Gasteiger partial charge in [-0.2, -0.15) is 0 Å². The molecule has 0 bridgehead atoms. The Morgan fingerprint density at radius 3 is 2.59 bits per heavy atom. The quantitative estimate of drug-likeness (QED) is 0.796. The summed E-state index contributed by atoms with van der Waals surface area (Å²) in [4.78, 5) is 29.6. The van der Waals surface area contributed by atoms with Gasteiger partial charge in [-0.15, -0.1) is 0 Å². The lowest BCUT2D eigenvalue weighted by atomic mass is 9.85. The zero-order valence-corrected chi connectivity index (χ0v) is 16.2. The first kappa shape index (κ1) is 19.8. The van der Waals surface area contributed by atoms with Gasteiger partial charge in [0.15, 0.2) is 0 Å². The zero-order valence-electron chi connectivity index (χ0n) is 16.2. The van der Waals surface area contributed by atoms with Crippen molar-refractivity contribution in [2.24, 2.45) is 0 Å². The summed E-state index contributed by atoms with van der Waals surface area (Å²) in [6.45, 7) is 5.33. The summed E-state index contributed by atoms with van der Waals surface area (Å²) in [5.41, 5.74) is 0.522. The van der Waals surface area contributed by atoms with Crippen molar-refractivity contribution in [2.45, 2.75) is 51.0 Å². The minimum atomic E-state index is -0.471. The van der Waals surface area contributed by atoms with E-state index in [4.69, 9.17) is 0 Å². The minimum Gasteiger partial charge on any atom is -0.355 e. The van der Waals surface area contributed by atoms with Crippen molar-refractivity contribution in [1.82, 2.24) is 15.1 Å². The third-order valence-electron chi connectivity index (χ3n) is 5.80. The second-order valence-electron chi connectivity index (χ2n) is 7.68. The Hall–Kier alpha value is -1.95. The van der Waals surface area contributed by atoms with Crippen molar-refractivity contribution in [3.63, 3.8) is 0 Å². The number of benzene rings is 1. The molecule has 2 amide bonds. The molecule has 0 radical (unpaired) electrons. The standard InChI is InChI=1S/C21H30FN3O2/c1-2-13-24-14-3-10-21(20(24)27)11-4-15-25(21)16-19(26)23-12-9-17-5-7-18(22)8-6-17/h5-8H,2-4,9-16H2,1H3,(H,23,26). The molecule has 2 fully saturated rings. The number of likely N-dealkylation sites (tertiary alicyclic amines) is 2. The third kappa shape index (κ3) is 4.49. The van der Waals surface area contributed by atoms with Crippen molar-refractivity contribution in [3.05, 3.63) is 35.6 Å². The monoisotopic (exact) mass is 375 g/mol. The molecule has 1 unspecified atom stereocenters. The number of rotatable bonds is 7. The van der Waals surface area contributed by atoms with Crippen molar-refractivity contribution in [1.29, 1.82) is 0 Å². The molecule has 2 heterocycles. The smallest absolute Gasteiger partial charge is 0.243 e. The molecular weight excluding hydrogens is 345 g/mol. The molecule has 148 valence electrons. The zero-order chi connectivity index (χ0) is 19.3. The van der Waals surface area contributed by atoms with Crippen molar-refractivity contribution < 1.29 is 14.0 Å². The van der Waals surface area contributed by atoms with Gasteiger partial charge in [0.25, 0.3) is 0 Å². The van der Waals surface area contributed by atoms with Crippen LogP contribution in [0.25, 0.3) is 0 Å². The van der Waals surface area contributed by atoms with E-state index in [0.29, 0.717) is 13.0 Å². The van der Waals surface area contributed by atoms with Gasteiger partial charge in [0.1, 0.15) is 11.4 Å². The normalized spacial score (nSPS) is 23.2. The number of carbonyl (C=O) groups is 2. The van der Waals surface area contributed by atoms with Crippen molar-refractivity contribution in [3.8, 4) is 0 Å². The van der Waals surface area contributed by atoms with Crippen molar-refractivity contribution in [2.75, 3.05) is 32.7 Å². The Morgan fingerprint density at radius 1 is 1.19 bits per heavy atom. The SMILES string of the molecule is CCCN1CCCC2(CCCN2CC(=O)NCCc2ccc(F)cc2)C1=O. The number of halogens is 1. The summed E-state index contributed by atoms with van der Waals surface area (Å²) < 4.78 is 12.9. The highest BCUT2D eigenvalue weighted by molar-refractivity contribution is 5.88. The summed E-state index contributed by atoms with van der Waals surface area (Å²) in [5, 5.41) is 2.95. The maximum Gasteiger partial charge on any atom is 0.243 e. The van der Waals surface area contributed by atoms with Crippen LogP contribution in [0, 0.1) is 5.82 Å². The predicted octanol–water partition coefficient (Wildman–Crippen LogP) is 2.35. The first-order valence-electron chi connectivity index (χ1n) is 10.1. The molecule has 1 N–H and O–H groups in total. The van der Waals surface area contributed by atoms with Gasteiger partial charge in [-0.1, -0.05) is 19.1 Å². The van der Waals surface area contributed by atoms with E-state index in [1.165, 1.54) is 12.1 Å². The van der Waals surface area contributed by atoms with E-state index in [1.54, 1.807) is 12.1 Å². The van der Waals surface area contributed by atoms with Crippen LogP contribution in [-0.4, -0.2) is 59.9 Å². The Morgan fingerprint density at radius 2 is 1.89 bits per heavy atom. The summed E-state index contributed by atoms with van der Waals surface area (Å²) in [5.74, 6) is -0.0811. The van der Waals surface area contributed by atoms with E-state index in [1.807, 2.05) is 4.90 Å². The van der Waals surface area contributed by atoms with Crippen LogP contribution < -0.4 is 5.32 Å². The predicted molar refractivity (Wildman–Crippen MR) is 103 cm³/mol. The van der Waals surface area contributed by atoms with Crippen LogP contribution in [0.15, 0.2) is 24.3 Å².